The molecule has 0 aliphatic carbocycles. The third-order valence-corrected chi connectivity index (χ3v) is 4.13. The van der Waals surface area contributed by atoms with E-state index in [1.165, 1.54) is 56.9 Å². The van der Waals surface area contributed by atoms with Crippen LogP contribution >= 0.6 is 0 Å². The highest BCUT2D eigenvalue weighted by atomic mass is 19.4. The van der Waals surface area contributed by atoms with E-state index in [0.29, 0.717) is 11.5 Å². The summed E-state index contributed by atoms with van der Waals surface area (Å²) in [4.78, 5) is 25.0. The third kappa shape index (κ3) is 5.67. The number of hydrogen-bond donors (Lipinski definition) is 1. The highest BCUT2D eigenvalue weighted by Crippen LogP contribution is 2.33. The number of amidine groups is 1. The lowest BCUT2D eigenvalue weighted by Crippen LogP contribution is -2.18. The third-order valence-electron chi connectivity index (χ3n) is 4.13. The molecule has 2 aromatic carbocycles. The molecule has 0 amide bonds. The fourth-order valence-corrected chi connectivity index (χ4v) is 2.57. The fraction of sp³-hybridized carbons (Fsp3) is 0.143. The molecule has 2 N–H and O–H groups in total. The first-order valence-corrected chi connectivity index (χ1v) is 9.16. The van der Waals surface area contributed by atoms with Gasteiger partial charge in [0.2, 0.25) is 5.88 Å². The summed E-state index contributed by atoms with van der Waals surface area (Å²) in [5, 5.41) is 3.54. The average Bonchev–Trinajstić information content (AvgIpc) is 2.81. The summed E-state index contributed by atoms with van der Waals surface area (Å²) >= 11 is 0. The zero-order chi connectivity index (χ0) is 24.0. The number of halogens is 3. The Labute approximate surface area is 185 Å². The zero-order valence-corrected chi connectivity index (χ0v) is 17.3. The molecule has 0 fully saturated rings. The van der Waals surface area contributed by atoms with Crippen LogP contribution in [0.15, 0.2) is 60.0 Å². The Bertz CT molecular complexity index is 1180. The van der Waals surface area contributed by atoms with Crippen LogP contribution in [0.2, 0.25) is 0 Å². The molecule has 9 nitrogen and oxygen atoms in total. The number of alkyl halides is 3. The molecule has 3 aromatic rings. The molecule has 0 spiro atoms. The number of aromatic nitrogens is 2. The van der Waals surface area contributed by atoms with Gasteiger partial charge in [0, 0.05) is 12.4 Å². The molecule has 0 unspecified atom stereocenters. The lowest BCUT2D eigenvalue weighted by Gasteiger charge is -2.11. The van der Waals surface area contributed by atoms with Crippen molar-refractivity contribution >= 4 is 11.8 Å². The second-order valence-electron chi connectivity index (χ2n) is 6.26. The van der Waals surface area contributed by atoms with Crippen LogP contribution in [0.1, 0.15) is 21.6 Å². The largest absolute Gasteiger partial charge is 0.493 e. The number of nitrogens with two attached hydrogens (primary N) is 1. The zero-order valence-electron chi connectivity index (χ0n) is 17.3. The first-order valence-electron chi connectivity index (χ1n) is 9.16. The van der Waals surface area contributed by atoms with Crippen LogP contribution in [0.5, 0.6) is 23.1 Å². The smallest absolute Gasteiger partial charge is 0.416 e. The fourth-order valence-electron chi connectivity index (χ4n) is 2.57. The number of hydrogen-bond acceptors (Lipinski definition) is 8. The number of nitrogens with zero attached hydrogens (tertiary/aromatic N) is 3. The number of ether oxygens (including phenoxy) is 3. The van der Waals surface area contributed by atoms with Crippen LogP contribution in [0, 0.1) is 0 Å². The average molecular weight is 462 g/mol. The van der Waals surface area contributed by atoms with E-state index in [2.05, 4.69) is 15.1 Å². The van der Waals surface area contributed by atoms with Crippen molar-refractivity contribution in [2.75, 3.05) is 14.2 Å². The van der Waals surface area contributed by atoms with Gasteiger partial charge in [-0.1, -0.05) is 11.2 Å². The summed E-state index contributed by atoms with van der Waals surface area (Å²) in [5.74, 6) is -0.924. The summed E-state index contributed by atoms with van der Waals surface area (Å²) in [7, 11) is 2.85. The van der Waals surface area contributed by atoms with E-state index < -0.39 is 17.7 Å². The Balaban J connectivity index is 1.80. The summed E-state index contributed by atoms with van der Waals surface area (Å²) in [6, 6.07) is 8.49. The molecule has 0 aliphatic rings. The maximum Gasteiger partial charge on any atom is 0.416 e. The van der Waals surface area contributed by atoms with Gasteiger partial charge in [0.05, 0.1) is 25.3 Å². The predicted molar refractivity (Wildman–Crippen MR) is 109 cm³/mol. The van der Waals surface area contributed by atoms with Crippen LogP contribution in [0.4, 0.5) is 13.2 Å². The molecule has 0 bridgehead atoms. The number of oxime groups is 1. The Morgan fingerprint density at radius 1 is 1.00 bits per heavy atom. The summed E-state index contributed by atoms with van der Waals surface area (Å²) < 4.78 is 54.4. The molecule has 0 saturated carbocycles. The molecule has 0 saturated heterocycles. The van der Waals surface area contributed by atoms with Gasteiger partial charge in [-0.05, 0) is 36.4 Å². The van der Waals surface area contributed by atoms with Crippen molar-refractivity contribution in [1.29, 1.82) is 0 Å². The van der Waals surface area contributed by atoms with Crippen molar-refractivity contribution in [2.24, 2.45) is 10.9 Å². The standard InChI is InChI=1S/C21H17F3N4O5/c1-30-15-7-6-12(10-16(15)31-2)20(29)33-28-18(25)17-19(27-9-8-26-17)32-14-5-3-4-13(11-14)21(22,23)24/h3-11H,1-2H3,(H2,25,28). The first kappa shape index (κ1) is 23.3. The highest BCUT2D eigenvalue weighted by Gasteiger charge is 2.30. The maximum absolute atomic E-state index is 12.9. The molecular formula is C21H17F3N4O5. The SMILES string of the molecule is COc1ccc(C(=O)ON=C(N)c2nccnc2Oc2cccc(C(F)(F)F)c2)cc1OC. The van der Waals surface area contributed by atoms with E-state index in [0.717, 1.165) is 12.1 Å². The molecule has 0 aliphatic heterocycles. The molecule has 33 heavy (non-hydrogen) atoms. The first-order chi connectivity index (χ1) is 15.7. The van der Waals surface area contributed by atoms with Crippen molar-refractivity contribution in [3.05, 3.63) is 71.7 Å². The van der Waals surface area contributed by atoms with Gasteiger partial charge >= 0.3 is 12.1 Å². The molecule has 1 aromatic heterocycles. The van der Waals surface area contributed by atoms with Gasteiger partial charge < -0.3 is 24.8 Å². The van der Waals surface area contributed by atoms with Gasteiger partial charge in [0.25, 0.3) is 0 Å². The Morgan fingerprint density at radius 2 is 1.73 bits per heavy atom. The maximum atomic E-state index is 12.9. The number of carbonyl (C=O) groups is 1. The Kier molecular flexibility index (Phi) is 6.96. The lowest BCUT2D eigenvalue weighted by molar-refractivity contribution is -0.137. The topological polar surface area (TPSA) is 118 Å². The van der Waals surface area contributed by atoms with Crippen molar-refractivity contribution < 1.29 is 37.0 Å². The van der Waals surface area contributed by atoms with Crippen molar-refractivity contribution in [1.82, 2.24) is 9.97 Å². The summed E-state index contributed by atoms with van der Waals surface area (Å²) in [6.45, 7) is 0. The molecule has 1 heterocycles. The van der Waals surface area contributed by atoms with Gasteiger partial charge in [-0.15, -0.1) is 0 Å². The van der Waals surface area contributed by atoms with Crippen LogP contribution in [0.3, 0.4) is 0 Å². The molecule has 12 heteroatoms. The second-order valence-corrected chi connectivity index (χ2v) is 6.26. The molecule has 3 rings (SSSR count). The molecule has 172 valence electrons. The lowest BCUT2D eigenvalue weighted by atomic mass is 10.2. The second kappa shape index (κ2) is 9.85. The van der Waals surface area contributed by atoms with Crippen LogP contribution in [0.25, 0.3) is 0 Å². The summed E-state index contributed by atoms with van der Waals surface area (Å²) in [6.07, 6.45) is -2.05. The van der Waals surface area contributed by atoms with Gasteiger partial charge in [0.1, 0.15) is 5.75 Å². The van der Waals surface area contributed by atoms with Crippen LogP contribution in [-0.2, 0) is 11.0 Å². The van der Waals surface area contributed by atoms with Crippen LogP contribution in [-0.4, -0.2) is 36.0 Å². The van der Waals surface area contributed by atoms with Gasteiger partial charge in [0.15, 0.2) is 23.0 Å². The minimum Gasteiger partial charge on any atom is -0.493 e. The van der Waals surface area contributed by atoms with Crippen molar-refractivity contribution in [3.63, 3.8) is 0 Å². The molecular weight excluding hydrogens is 445 g/mol. The Hall–Kier alpha value is -4.35. The highest BCUT2D eigenvalue weighted by molar-refractivity contribution is 5.98. The van der Waals surface area contributed by atoms with E-state index in [1.807, 2.05) is 0 Å². The predicted octanol–water partition coefficient (Wildman–Crippen LogP) is 3.78. The van der Waals surface area contributed by atoms with Crippen molar-refractivity contribution in [2.45, 2.75) is 6.18 Å². The monoisotopic (exact) mass is 462 g/mol. The Morgan fingerprint density at radius 3 is 2.42 bits per heavy atom. The van der Waals surface area contributed by atoms with E-state index >= 15 is 0 Å². The van der Waals surface area contributed by atoms with E-state index in [4.69, 9.17) is 24.8 Å². The number of methoxy groups -OCH3 is 2. The molecule has 0 atom stereocenters. The number of benzene rings is 2. The van der Waals surface area contributed by atoms with Crippen LogP contribution < -0.4 is 19.9 Å². The van der Waals surface area contributed by atoms with Gasteiger partial charge in [-0.25, -0.2) is 14.8 Å². The van der Waals surface area contributed by atoms with E-state index in [-0.39, 0.29) is 28.7 Å². The number of carbonyl (C=O) groups excluding carboxylic acids is 1. The van der Waals surface area contributed by atoms with Gasteiger partial charge in [-0.3, -0.25) is 0 Å². The molecule has 0 radical (unpaired) electrons. The minimum atomic E-state index is -4.55. The van der Waals surface area contributed by atoms with E-state index in [1.54, 1.807) is 0 Å². The minimum absolute atomic E-state index is 0.101. The quantitative estimate of drug-likeness (QED) is 0.244. The van der Waals surface area contributed by atoms with Gasteiger partial charge in [-0.2, -0.15) is 13.2 Å². The van der Waals surface area contributed by atoms with E-state index in [9.17, 15) is 18.0 Å². The normalized spacial score (nSPS) is 11.6. The van der Waals surface area contributed by atoms with Crippen molar-refractivity contribution in [3.8, 4) is 23.1 Å². The number of rotatable bonds is 7. The summed E-state index contributed by atoms with van der Waals surface area (Å²) in [5.41, 5.74) is 4.89.